The molecule has 4 heteroatoms. The molecule has 2 rings (SSSR count). The maximum atomic E-state index is 12.9. The molecule has 0 N–H and O–H groups in total. The van der Waals surface area contributed by atoms with Gasteiger partial charge in [0, 0.05) is 5.92 Å². The van der Waals surface area contributed by atoms with E-state index >= 15 is 0 Å². The van der Waals surface area contributed by atoms with Crippen LogP contribution in [-0.2, 0) is 17.3 Å². The summed E-state index contributed by atoms with van der Waals surface area (Å²) < 4.78 is 43.8. The summed E-state index contributed by atoms with van der Waals surface area (Å²) in [5.41, 5.74) is 0.857. The van der Waals surface area contributed by atoms with Crippen LogP contribution >= 0.6 is 0 Å². The molecule has 0 unspecified atom stereocenters. The molecule has 1 aromatic rings. The van der Waals surface area contributed by atoms with Gasteiger partial charge in [0.05, 0.1) is 18.8 Å². The molecular weight excluding hydrogens is 241 g/mol. The number of alkyl halides is 3. The molecule has 0 amide bonds. The van der Waals surface area contributed by atoms with Crippen LogP contribution in [0.5, 0.6) is 0 Å². The molecule has 1 fully saturated rings. The first-order valence-corrected chi connectivity index (χ1v) is 6.15. The van der Waals surface area contributed by atoms with Crippen LogP contribution in [-0.4, -0.2) is 13.2 Å². The standard InChI is InChI=1S/C14H17F3O/c1-9(2)5-10-3-4-13(14(15,16)17)12(6-10)11-7-18-8-11/h3-4,6,9,11H,5,7-8H2,1-2H3. The van der Waals surface area contributed by atoms with Gasteiger partial charge in [0.2, 0.25) is 0 Å². The number of ether oxygens (including phenoxy) is 1. The van der Waals surface area contributed by atoms with Crippen LogP contribution in [0.25, 0.3) is 0 Å². The van der Waals surface area contributed by atoms with E-state index < -0.39 is 11.7 Å². The quantitative estimate of drug-likeness (QED) is 0.795. The summed E-state index contributed by atoms with van der Waals surface area (Å²) in [4.78, 5) is 0. The van der Waals surface area contributed by atoms with Gasteiger partial charge < -0.3 is 4.74 Å². The van der Waals surface area contributed by atoms with E-state index in [0.29, 0.717) is 24.7 Å². The van der Waals surface area contributed by atoms with Gasteiger partial charge in [0.15, 0.2) is 0 Å². The molecule has 0 spiro atoms. The predicted octanol–water partition coefficient (Wildman–Crippen LogP) is 4.02. The number of hydrogen-bond acceptors (Lipinski definition) is 1. The molecule has 1 nitrogen and oxygen atoms in total. The van der Waals surface area contributed by atoms with E-state index in [9.17, 15) is 13.2 Å². The lowest BCUT2D eigenvalue weighted by Crippen LogP contribution is -2.28. The van der Waals surface area contributed by atoms with Crippen molar-refractivity contribution in [2.24, 2.45) is 5.92 Å². The van der Waals surface area contributed by atoms with Gasteiger partial charge in [-0.25, -0.2) is 0 Å². The largest absolute Gasteiger partial charge is 0.416 e. The van der Waals surface area contributed by atoms with Crippen LogP contribution in [0.15, 0.2) is 18.2 Å². The molecule has 0 radical (unpaired) electrons. The molecule has 1 aromatic carbocycles. The summed E-state index contributed by atoms with van der Waals surface area (Å²) in [7, 11) is 0. The Morgan fingerprint density at radius 2 is 1.94 bits per heavy atom. The Balaban J connectivity index is 2.35. The summed E-state index contributed by atoms with van der Waals surface area (Å²) in [6, 6.07) is 4.51. The SMILES string of the molecule is CC(C)Cc1ccc(C(F)(F)F)c(C2COC2)c1. The first kappa shape index (κ1) is 13.4. The van der Waals surface area contributed by atoms with Crippen LogP contribution in [0, 0.1) is 5.92 Å². The van der Waals surface area contributed by atoms with Crippen molar-refractivity contribution in [1.29, 1.82) is 0 Å². The molecule has 1 aliphatic rings. The zero-order chi connectivity index (χ0) is 13.3. The van der Waals surface area contributed by atoms with Gasteiger partial charge in [-0.15, -0.1) is 0 Å². The molecule has 0 aromatic heterocycles. The van der Waals surface area contributed by atoms with Crippen LogP contribution in [0.2, 0.25) is 0 Å². The Morgan fingerprint density at radius 3 is 2.39 bits per heavy atom. The normalized spacial score (nSPS) is 17.0. The molecule has 1 saturated heterocycles. The lowest BCUT2D eigenvalue weighted by Gasteiger charge is -2.29. The highest BCUT2D eigenvalue weighted by molar-refractivity contribution is 5.37. The highest BCUT2D eigenvalue weighted by Gasteiger charge is 2.37. The molecule has 0 bridgehead atoms. The summed E-state index contributed by atoms with van der Waals surface area (Å²) >= 11 is 0. The second-order valence-electron chi connectivity index (χ2n) is 5.25. The summed E-state index contributed by atoms with van der Waals surface area (Å²) in [6.45, 7) is 4.91. The van der Waals surface area contributed by atoms with Crippen molar-refractivity contribution in [3.05, 3.63) is 34.9 Å². The number of halogens is 3. The van der Waals surface area contributed by atoms with Crippen molar-refractivity contribution < 1.29 is 17.9 Å². The molecular formula is C14H17F3O. The predicted molar refractivity (Wildman–Crippen MR) is 63.5 cm³/mol. The lowest BCUT2D eigenvalue weighted by molar-refractivity contribution is -0.139. The fourth-order valence-electron chi connectivity index (χ4n) is 2.22. The zero-order valence-electron chi connectivity index (χ0n) is 10.6. The minimum absolute atomic E-state index is 0.103. The molecule has 0 atom stereocenters. The minimum atomic E-state index is -4.28. The van der Waals surface area contributed by atoms with Crippen molar-refractivity contribution in [2.45, 2.75) is 32.4 Å². The van der Waals surface area contributed by atoms with E-state index in [0.717, 1.165) is 12.0 Å². The monoisotopic (exact) mass is 258 g/mol. The van der Waals surface area contributed by atoms with Crippen molar-refractivity contribution in [3.63, 3.8) is 0 Å². The third-order valence-electron chi connectivity index (χ3n) is 3.14. The smallest absolute Gasteiger partial charge is 0.380 e. The average molecular weight is 258 g/mol. The molecule has 0 saturated carbocycles. The minimum Gasteiger partial charge on any atom is -0.380 e. The van der Waals surface area contributed by atoms with E-state index in [4.69, 9.17) is 4.74 Å². The topological polar surface area (TPSA) is 9.23 Å². The molecule has 1 aliphatic heterocycles. The van der Waals surface area contributed by atoms with Gasteiger partial charge >= 0.3 is 6.18 Å². The zero-order valence-corrected chi connectivity index (χ0v) is 10.6. The van der Waals surface area contributed by atoms with E-state index in [-0.39, 0.29) is 5.92 Å². The Kier molecular flexibility index (Phi) is 3.66. The van der Waals surface area contributed by atoms with Gasteiger partial charge in [0.1, 0.15) is 0 Å². The van der Waals surface area contributed by atoms with Crippen LogP contribution in [0.4, 0.5) is 13.2 Å². The van der Waals surface area contributed by atoms with Gasteiger partial charge in [0.25, 0.3) is 0 Å². The molecule has 1 heterocycles. The first-order chi connectivity index (χ1) is 8.38. The van der Waals surface area contributed by atoms with Gasteiger partial charge in [-0.05, 0) is 29.5 Å². The van der Waals surface area contributed by atoms with E-state index in [1.165, 1.54) is 6.07 Å². The third-order valence-corrected chi connectivity index (χ3v) is 3.14. The maximum Gasteiger partial charge on any atom is 0.416 e. The van der Waals surface area contributed by atoms with Gasteiger partial charge in [-0.3, -0.25) is 0 Å². The Morgan fingerprint density at radius 1 is 1.28 bits per heavy atom. The van der Waals surface area contributed by atoms with Gasteiger partial charge in [-0.1, -0.05) is 26.0 Å². The summed E-state index contributed by atoms with van der Waals surface area (Å²) in [5.74, 6) is 0.334. The van der Waals surface area contributed by atoms with Crippen LogP contribution in [0.3, 0.4) is 0 Å². The van der Waals surface area contributed by atoms with E-state index in [1.807, 2.05) is 0 Å². The Hall–Kier alpha value is -1.03. The van der Waals surface area contributed by atoms with Crippen LogP contribution < -0.4 is 0 Å². The number of benzene rings is 1. The molecule has 100 valence electrons. The third kappa shape index (κ3) is 2.86. The first-order valence-electron chi connectivity index (χ1n) is 6.15. The van der Waals surface area contributed by atoms with Crippen molar-refractivity contribution >= 4 is 0 Å². The Bertz CT molecular complexity index is 420. The second-order valence-corrected chi connectivity index (χ2v) is 5.25. The Labute approximate surface area is 105 Å². The summed E-state index contributed by atoms with van der Waals surface area (Å²) in [6.07, 6.45) is -3.47. The second kappa shape index (κ2) is 4.92. The molecule has 0 aliphatic carbocycles. The number of rotatable bonds is 3. The van der Waals surface area contributed by atoms with Crippen molar-refractivity contribution in [2.75, 3.05) is 13.2 Å². The fourth-order valence-corrected chi connectivity index (χ4v) is 2.22. The fraction of sp³-hybridized carbons (Fsp3) is 0.571. The van der Waals surface area contributed by atoms with Crippen LogP contribution in [0.1, 0.15) is 36.5 Å². The summed E-state index contributed by atoms with van der Waals surface area (Å²) in [5, 5.41) is 0. The van der Waals surface area contributed by atoms with Crippen molar-refractivity contribution in [3.8, 4) is 0 Å². The van der Waals surface area contributed by atoms with E-state index in [1.54, 1.807) is 12.1 Å². The lowest BCUT2D eigenvalue weighted by atomic mass is 9.89. The van der Waals surface area contributed by atoms with Crippen molar-refractivity contribution in [1.82, 2.24) is 0 Å². The maximum absolute atomic E-state index is 12.9. The van der Waals surface area contributed by atoms with Gasteiger partial charge in [-0.2, -0.15) is 13.2 Å². The molecule has 18 heavy (non-hydrogen) atoms. The van der Waals surface area contributed by atoms with E-state index in [2.05, 4.69) is 13.8 Å². The highest BCUT2D eigenvalue weighted by Crippen LogP contribution is 2.38. The number of hydrogen-bond donors (Lipinski definition) is 0. The average Bonchev–Trinajstić information content (AvgIpc) is 2.11. The highest BCUT2D eigenvalue weighted by atomic mass is 19.4.